The van der Waals surface area contributed by atoms with Crippen LogP contribution in [0.5, 0.6) is 0 Å². The van der Waals surface area contributed by atoms with Crippen molar-refractivity contribution in [2.24, 2.45) is 11.3 Å². The number of nitriles is 2. The molecule has 0 bridgehead atoms. The van der Waals surface area contributed by atoms with Crippen molar-refractivity contribution < 1.29 is 13.2 Å². The largest absolute Gasteiger partial charge is 0.416 e. The second kappa shape index (κ2) is 9.97. The fourth-order valence-electron chi connectivity index (χ4n) is 7.60. The van der Waals surface area contributed by atoms with Gasteiger partial charge in [0.15, 0.2) is 0 Å². The average Bonchev–Trinajstić information content (AvgIpc) is 3.51. The van der Waals surface area contributed by atoms with E-state index in [0.29, 0.717) is 12.0 Å². The zero-order valence-corrected chi connectivity index (χ0v) is 24.3. The molecule has 1 fully saturated rings. The van der Waals surface area contributed by atoms with Crippen molar-refractivity contribution >= 4 is 16.7 Å². The Morgan fingerprint density at radius 1 is 0.727 bits per heavy atom. The third-order valence-electron chi connectivity index (χ3n) is 9.46. The Kier molecular flexibility index (Phi) is 6.27. The van der Waals surface area contributed by atoms with Crippen LogP contribution >= 0.6 is 0 Å². The molecule has 5 heteroatoms. The minimum Gasteiger partial charge on any atom is -0.192 e. The maximum absolute atomic E-state index is 13.4. The molecule has 4 aliphatic rings. The van der Waals surface area contributed by atoms with Crippen molar-refractivity contribution in [3.05, 3.63) is 158 Å². The minimum absolute atomic E-state index is 0.0769. The van der Waals surface area contributed by atoms with Gasteiger partial charge >= 0.3 is 6.18 Å². The van der Waals surface area contributed by atoms with E-state index < -0.39 is 17.2 Å². The van der Waals surface area contributed by atoms with Crippen LogP contribution in [0.25, 0.3) is 16.7 Å². The van der Waals surface area contributed by atoms with Crippen LogP contribution in [0.3, 0.4) is 0 Å². The lowest BCUT2D eigenvalue weighted by atomic mass is 9.65. The fourth-order valence-corrected chi connectivity index (χ4v) is 7.60. The van der Waals surface area contributed by atoms with Gasteiger partial charge in [-0.1, -0.05) is 98.8 Å². The Bertz CT molecular complexity index is 1990. The summed E-state index contributed by atoms with van der Waals surface area (Å²) in [5.74, 6) is 0.158. The molecule has 0 radical (unpaired) electrons. The Labute approximate surface area is 254 Å². The second-order valence-corrected chi connectivity index (χ2v) is 12.0. The number of allylic oxidation sites excluding steroid dienone is 12. The first-order valence-corrected chi connectivity index (χ1v) is 14.7. The van der Waals surface area contributed by atoms with Crippen molar-refractivity contribution in [3.63, 3.8) is 0 Å². The molecule has 4 aliphatic carbocycles. The zero-order chi connectivity index (χ0) is 30.8. The summed E-state index contributed by atoms with van der Waals surface area (Å²) in [6.45, 7) is 4.42. The Morgan fingerprint density at radius 3 is 1.89 bits per heavy atom. The van der Waals surface area contributed by atoms with Crippen LogP contribution in [-0.2, 0) is 6.18 Å². The highest BCUT2D eigenvalue weighted by Gasteiger charge is 2.54. The molecule has 0 aromatic heterocycles. The molecule has 7 rings (SSSR count). The quantitative estimate of drug-likeness (QED) is 0.290. The third-order valence-corrected chi connectivity index (χ3v) is 9.46. The van der Waals surface area contributed by atoms with E-state index in [1.165, 1.54) is 5.57 Å². The molecule has 3 aromatic rings. The van der Waals surface area contributed by atoms with Crippen LogP contribution in [-0.4, -0.2) is 0 Å². The number of alkyl halides is 3. The number of halogens is 3. The number of nitrogens with zero attached hydrogens (tertiary/aromatic N) is 2. The van der Waals surface area contributed by atoms with E-state index in [1.807, 2.05) is 60.7 Å². The van der Waals surface area contributed by atoms with Gasteiger partial charge in [-0.25, -0.2) is 0 Å². The van der Waals surface area contributed by atoms with Gasteiger partial charge in [0, 0.05) is 11.0 Å². The molecule has 3 aromatic carbocycles. The zero-order valence-electron chi connectivity index (χ0n) is 24.3. The first-order valence-electron chi connectivity index (χ1n) is 14.7. The molecule has 1 saturated carbocycles. The summed E-state index contributed by atoms with van der Waals surface area (Å²) in [6, 6.07) is 29.8. The van der Waals surface area contributed by atoms with Crippen molar-refractivity contribution in [1.29, 1.82) is 10.5 Å². The van der Waals surface area contributed by atoms with E-state index in [-0.39, 0.29) is 11.5 Å². The van der Waals surface area contributed by atoms with Gasteiger partial charge in [-0.2, -0.15) is 23.7 Å². The summed E-state index contributed by atoms with van der Waals surface area (Å²) in [5.41, 5.74) is 10.7. The SMILES string of the molecule is CC1CC=C2C3=C(c4ccccc4)C(=C(C#N)C#N)C(c4ccccc4)=C3C3(C)CC=C(c4ccc(C(F)(F)F)cc4)C1=C23. The van der Waals surface area contributed by atoms with Crippen LogP contribution in [0.4, 0.5) is 13.2 Å². The van der Waals surface area contributed by atoms with Gasteiger partial charge in [-0.05, 0) is 92.2 Å². The number of benzene rings is 3. The second-order valence-electron chi connectivity index (χ2n) is 12.0. The van der Waals surface area contributed by atoms with E-state index in [2.05, 4.69) is 38.1 Å². The van der Waals surface area contributed by atoms with Gasteiger partial charge in [-0.3, -0.25) is 0 Å². The third kappa shape index (κ3) is 3.93. The minimum atomic E-state index is -4.39. The summed E-state index contributed by atoms with van der Waals surface area (Å²) in [5, 5.41) is 20.5. The molecule has 2 atom stereocenters. The molecule has 0 saturated heterocycles. The van der Waals surface area contributed by atoms with E-state index in [9.17, 15) is 23.7 Å². The van der Waals surface area contributed by atoms with Gasteiger partial charge in [0.1, 0.15) is 17.7 Å². The highest BCUT2D eigenvalue weighted by Crippen LogP contribution is 2.69. The van der Waals surface area contributed by atoms with Crippen molar-refractivity contribution in [2.75, 3.05) is 0 Å². The highest BCUT2D eigenvalue weighted by molar-refractivity contribution is 6.14. The normalized spacial score (nSPS) is 22.2. The molecule has 0 spiro atoms. The fraction of sp³-hybridized carbons (Fsp3) is 0.179. The molecule has 0 amide bonds. The predicted octanol–water partition coefficient (Wildman–Crippen LogP) is 10.0. The van der Waals surface area contributed by atoms with Crippen LogP contribution in [0.15, 0.2) is 136 Å². The van der Waals surface area contributed by atoms with E-state index >= 15 is 0 Å². The molecule has 0 aliphatic heterocycles. The van der Waals surface area contributed by atoms with Gasteiger partial charge < -0.3 is 0 Å². The molecule has 0 heterocycles. The van der Waals surface area contributed by atoms with Crippen molar-refractivity contribution in [2.45, 2.75) is 32.9 Å². The molecule has 2 nitrogen and oxygen atoms in total. The lowest BCUT2D eigenvalue weighted by Gasteiger charge is -2.38. The topological polar surface area (TPSA) is 47.6 Å². The average molecular weight is 581 g/mol. The number of fused-ring (bicyclic) bond motifs is 3. The van der Waals surface area contributed by atoms with Crippen LogP contribution in [0, 0.1) is 34.0 Å². The van der Waals surface area contributed by atoms with Gasteiger partial charge in [0.05, 0.1) is 5.56 Å². The van der Waals surface area contributed by atoms with E-state index in [1.54, 1.807) is 12.1 Å². The number of hydrogen-bond acceptors (Lipinski definition) is 2. The smallest absolute Gasteiger partial charge is 0.192 e. The first kappa shape index (κ1) is 27.7. The van der Waals surface area contributed by atoms with Crippen molar-refractivity contribution in [3.8, 4) is 12.1 Å². The summed E-state index contributed by atoms with van der Waals surface area (Å²) in [4.78, 5) is 0. The van der Waals surface area contributed by atoms with E-state index in [4.69, 9.17) is 0 Å². The van der Waals surface area contributed by atoms with Crippen LogP contribution < -0.4 is 0 Å². The predicted molar refractivity (Wildman–Crippen MR) is 166 cm³/mol. The molecule has 2 unspecified atom stereocenters. The van der Waals surface area contributed by atoms with Crippen LogP contribution in [0.1, 0.15) is 48.9 Å². The summed E-state index contributed by atoms with van der Waals surface area (Å²) >= 11 is 0. The van der Waals surface area contributed by atoms with E-state index in [0.717, 1.165) is 74.3 Å². The first-order chi connectivity index (χ1) is 21.2. The monoisotopic (exact) mass is 580 g/mol. The Hall–Kier alpha value is -5.13. The molecule has 0 N–H and O–H groups in total. The molecule has 44 heavy (non-hydrogen) atoms. The Balaban J connectivity index is 1.56. The summed E-state index contributed by atoms with van der Waals surface area (Å²) in [7, 11) is 0. The Morgan fingerprint density at radius 2 is 1.32 bits per heavy atom. The summed E-state index contributed by atoms with van der Waals surface area (Å²) < 4.78 is 40.2. The van der Waals surface area contributed by atoms with Gasteiger partial charge in [-0.15, -0.1) is 0 Å². The number of hydrogen-bond donors (Lipinski definition) is 0. The van der Waals surface area contributed by atoms with Crippen LogP contribution in [0.2, 0.25) is 0 Å². The van der Waals surface area contributed by atoms with Gasteiger partial charge in [0.25, 0.3) is 0 Å². The maximum Gasteiger partial charge on any atom is 0.416 e. The standard InChI is InChI=1S/C39H27F3N2/c1-23-13-18-30-35-32(25-9-5-3-6-10-25)33(27(21-43)22-44)34(26-11-7-4-8-12-26)37(35)38(2)20-19-29(31(23)36(30)38)24-14-16-28(17-15-24)39(40,41)42/h3-12,14-19,23H,13,20H2,1-2H3. The van der Waals surface area contributed by atoms with Crippen molar-refractivity contribution in [1.82, 2.24) is 0 Å². The molecule has 214 valence electrons. The van der Waals surface area contributed by atoms with Gasteiger partial charge in [0.2, 0.25) is 0 Å². The maximum atomic E-state index is 13.4. The lowest BCUT2D eigenvalue weighted by molar-refractivity contribution is -0.137. The molecular weight excluding hydrogens is 553 g/mol. The lowest BCUT2D eigenvalue weighted by Crippen LogP contribution is -2.25. The molecular formula is C39H27F3N2. The number of rotatable bonds is 3. The highest BCUT2D eigenvalue weighted by atomic mass is 19.4. The summed E-state index contributed by atoms with van der Waals surface area (Å²) in [6.07, 6.45) is 1.47.